The summed E-state index contributed by atoms with van der Waals surface area (Å²) >= 11 is 0. The van der Waals surface area contributed by atoms with Crippen molar-refractivity contribution < 1.29 is 14.8 Å². The van der Waals surface area contributed by atoms with Crippen molar-refractivity contribution in [2.75, 3.05) is 5.32 Å². The molecule has 0 atom stereocenters. The minimum absolute atomic E-state index is 0.0521. The highest BCUT2D eigenvalue weighted by Crippen LogP contribution is 2.16. The number of nitrogens with zero attached hydrogens (tertiary/aromatic N) is 1. The average molecular weight is 208 g/mol. The molecule has 1 aromatic carbocycles. The Kier molecular flexibility index (Phi) is 3.39. The molecule has 0 aromatic heterocycles. The summed E-state index contributed by atoms with van der Waals surface area (Å²) in [5.41, 5.74) is 0.408. The Morgan fingerprint density at radius 2 is 2.27 bits per heavy atom. The molecule has 0 saturated carbocycles. The van der Waals surface area contributed by atoms with Crippen LogP contribution < -0.4 is 5.32 Å². The number of non-ortho nitro benzene ring substituents is 1. The van der Waals surface area contributed by atoms with E-state index in [0.29, 0.717) is 5.69 Å². The van der Waals surface area contributed by atoms with Crippen molar-refractivity contribution in [3.05, 3.63) is 46.7 Å². The molecule has 0 aliphatic rings. The van der Waals surface area contributed by atoms with Crippen molar-refractivity contribution >= 4 is 17.3 Å². The van der Waals surface area contributed by atoms with Gasteiger partial charge in [-0.15, -0.1) is 0 Å². The summed E-state index contributed by atoms with van der Waals surface area (Å²) in [5, 5.41) is 21.3. The Morgan fingerprint density at radius 1 is 1.53 bits per heavy atom. The molecule has 0 aliphatic heterocycles. The van der Waals surface area contributed by atoms with Gasteiger partial charge < -0.3 is 10.4 Å². The van der Waals surface area contributed by atoms with Crippen LogP contribution in [0.4, 0.5) is 11.4 Å². The van der Waals surface area contributed by atoms with Crippen LogP contribution in [0.3, 0.4) is 0 Å². The zero-order valence-corrected chi connectivity index (χ0v) is 7.58. The van der Waals surface area contributed by atoms with E-state index in [2.05, 4.69) is 5.32 Å². The van der Waals surface area contributed by atoms with E-state index in [0.717, 1.165) is 6.08 Å². The topological polar surface area (TPSA) is 92.5 Å². The number of benzene rings is 1. The first-order chi connectivity index (χ1) is 7.09. The molecular formula is C9H8N2O4. The normalized spacial score (nSPS) is 10.1. The van der Waals surface area contributed by atoms with E-state index >= 15 is 0 Å². The molecule has 0 radical (unpaired) electrons. The second-order valence-corrected chi connectivity index (χ2v) is 2.62. The standard InChI is InChI=1S/C9H8N2O4/c12-9(13)4-5-10-7-2-1-3-8(6-7)11(14)15/h1-6,10H,(H,12,13)/b5-4+. The van der Waals surface area contributed by atoms with E-state index in [4.69, 9.17) is 5.11 Å². The van der Waals surface area contributed by atoms with Gasteiger partial charge in [0.25, 0.3) is 5.69 Å². The van der Waals surface area contributed by atoms with Gasteiger partial charge in [0.1, 0.15) is 0 Å². The van der Waals surface area contributed by atoms with E-state index in [1.807, 2.05) is 0 Å². The van der Waals surface area contributed by atoms with Crippen molar-refractivity contribution in [3.63, 3.8) is 0 Å². The van der Waals surface area contributed by atoms with Gasteiger partial charge in [-0.1, -0.05) is 6.07 Å². The molecule has 6 heteroatoms. The van der Waals surface area contributed by atoms with E-state index < -0.39 is 10.9 Å². The van der Waals surface area contributed by atoms with Gasteiger partial charge in [-0.25, -0.2) is 4.79 Å². The van der Waals surface area contributed by atoms with Crippen LogP contribution in [-0.2, 0) is 4.79 Å². The molecule has 78 valence electrons. The summed E-state index contributed by atoms with van der Waals surface area (Å²) < 4.78 is 0. The summed E-state index contributed by atoms with van der Waals surface area (Å²) in [5.74, 6) is -1.09. The molecule has 15 heavy (non-hydrogen) atoms. The lowest BCUT2D eigenvalue weighted by Gasteiger charge is -1.98. The molecule has 2 N–H and O–H groups in total. The molecule has 0 saturated heterocycles. The van der Waals surface area contributed by atoms with E-state index in [9.17, 15) is 14.9 Å². The number of hydrogen-bond acceptors (Lipinski definition) is 4. The minimum Gasteiger partial charge on any atom is -0.478 e. The van der Waals surface area contributed by atoms with Crippen molar-refractivity contribution in [1.82, 2.24) is 0 Å². The number of anilines is 1. The highest BCUT2D eigenvalue weighted by Gasteiger charge is 2.03. The van der Waals surface area contributed by atoms with Crippen molar-refractivity contribution in [2.45, 2.75) is 0 Å². The van der Waals surface area contributed by atoms with Gasteiger partial charge in [-0.05, 0) is 6.07 Å². The fraction of sp³-hybridized carbons (Fsp3) is 0. The summed E-state index contributed by atoms with van der Waals surface area (Å²) in [6.45, 7) is 0. The van der Waals surface area contributed by atoms with Crippen molar-refractivity contribution in [2.24, 2.45) is 0 Å². The van der Waals surface area contributed by atoms with Crippen LogP contribution in [0.2, 0.25) is 0 Å². The summed E-state index contributed by atoms with van der Waals surface area (Å²) in [7, 11) is 0. The number of carbonyl (C=O) groups is 1. The quantitative estimate of drug-likeness (QED) is 0.445. The predicted octanol–water partition coefficient (Wildman–Crippen LogP) is 1.60. The number of nitrogens with one attached hydrogen (secondary N) is 1. The molecule has 1 rings (SSSR count). The zero-order chi connectivity index (χ0) is 11.3. The number of hydrogen-bond donors (Lipinski definition) is 2. The number of carboxylic acid groups (broad SMARTS) is 1. The van der Waals surface area contributed by atoms with Crippen LogP contribution in [0.15, 0.2) is 36.5 Å². The Balaban J connectivity index is 2.74. The lowest BCUT2D eigenvalue weighted by atomic mass is 10.3. The van der Waals surface area contributed by atoms with E-state index in [1.54, 1.807) is 6.07 Å². The molecule has 0 aliphatic carbocycles. The molecular weight excluding hydrogens is 200 g/mol. The van der Waals surface area contributed by atoms with Gasteiger partial charge in [0.2, 0.25) is 0 Å². The number of nitro benzene ring substituents is 1. The van der Waals surface area contributed by atoms with E-state index in [1.165, 1.54) is 24.4 Å². The lowest BCUT2D eigenvalue weighted by Crippen LogP contribution is -1.93. The van der Waals surface area contributed by atoms with Gasteiger partial charge in [0.15, 0.2) is 0 Å². The maximum atomic E-state index is 10.4. The van der Waals surface area contributed by atoms with E-state index in [-0.39, 0.29) is 5.69 Å². The lowest BCUT2D eigenvalue weighted by molar-refractivity contribution is -0.384. The monoisotopic (exact) mass is 208 g/mol. The van der Waals surface area contributed by atoms with Gasteiger partial charge in [-0.3, -0.25) is 10.1 Å². The minimum atomic E-state index is -1.09. The highest BCUT2D eigenvalue weighted by molar-refractivity contribution is 5.80. The maximum Gasteiger partial charge on any atom is 0.329 e. The van der Waals surface area contributed by atoms with Gasteiger partial charge in [-0.2, -0.15) is 0 Å². The molecule has 0 amide bonds. The summed E-state index contributed by atoms with van der Waals surface area (Å²) in [4.78, 5) is 20.0. The van der Waals surface area contributed by atoms with Gasteiger partial charge in [0, 0.05) is 30.1 Å². The average Bonchev–Trinajstić information content (AvgIpc) is 2.17. The molecule has 0 heterocycles. The number of carboxylic acids is 1. The number of aliphatic carboxylic acids is 1. The second kappa shape index (κ2) is 4.75. The first kappa shape index (κ1) is 10.7. The summed E-state index contributed by atoms with van der Waals surface area (Å²) in [6, 6.07) is 5.77. The third-order valence-electron chi connectivity index (χ3n) is 1.53. The Bertz CT molecular complexity index is 414. The molecule has 0 fully saturated rings. The fourth-order valence-electron chi connectivity index (χ4n) is 0.918. The van der Waals surface area contributed by atoms with Crippen LogP contribution in [-0.4, -0.2) is 16.0 Å². The summed E-state index contributed by atoms with van der Waals surface area (Å²) in [6.07, 6.45) is 2.10. The highest BCUT2D eigenvalue weighted by atomic mass is 16.6. The molecule has 1 aromatic rings. The third kappa shape index (κ3) is 3.47. The van der Waals surface area contributed by atoms with Crippen LogP contribution in [0, 0.1) is 10.1 Å². The molecule has 0 bridgehead atoms. The zero-order valence-electron chi connectivity index (χ0n) is 7.58. The first-order valence-corrected chi connectivity index (χ1v) is 4.00. The first-order valence-electron chi connectivity index (χ1n) is 4.00. The SMILES string of the molecule is O=C(O)/C=C/Nc1cccc([N+](=O)[O-])c1. The van der Waals surface area contributed by atoms with Crippen LogP contribution >= 0.6 is 0 Å². The molecule has 0 spiro atoms. The number of rotatable bonds is 4. The largest absolute Gasteiger partial charge is 0.478 e. The van der Waals surface area contributed by atoms with Crippen LogP contribution in [0.5, 0.6) is 0 Å². The fourth-order valence-corrected chi connectivity index (χ4v) is 0.918. The Labute approximate surface area is 85.0 Å². The Morgan fingerprint density at radius 3 is 2.87 bits per heavy atom. The maximum absolute atomic E-state index is 10.4. The van der Waals surface area contributed by atoms with Gasteiger partial charge in [0.05, 0.1) is 4.92 Å². The van der Waals surface area contributed by atoms with Crippen LogP contribution in [0.1, 0.15) is 0 Å². The smallest absolute Gasteiger partial charge is 0.329 e. The van der Waals surface area contributed by atoms with Crippen molar-refractivity contribution in [1.29, 1.82) is 0 Å². The molecule has 0 unspecified atom stereocenters. The molecule has 6 nitrogen and oxygen atoms in total. The third-order valence-corrected chi connectivity index (χ3v) is 1.53. The van der Waals surface area contributed by atoms with Gasteiger partial charge >= 0.3 is 5.97 Å². The number of nitro groups is 1. The van der Waals surface area contributed by atoms with Crippen LogP contribution in [0.25, 0.3) is 0 Å². The predicted molar refractivity (Wildman–Crippen MR) is 53.5 cm³/mol. The second-order valence-electron chi connectivity index (χ2n) is 2.62. The Hall–Kier alpha value is -2.37. The van der Waals surface area contributed by atoms with Crippen molar-refractivity contribution in [3.8, 4) is 0 Å².